The molecule has 1 atom stereocenters. The lowest BCUT2D eigenvalue weighted by molar-refractivity contribution is -0.122. The van der Waals surface area contributed by atoms with Crippen molar-refractivity contribution >= 4 is 15.9 Å². The van der Waals surface area contributed by atoms with Gasteiger partial charge in [0.05, 0.1) is 45.9 Å². The maximum absolute atomic E-state index is 13.8. The smallest absolute Gasteiger partial charge is 0.243 e. The van der Waals surface area contributed by atoms with Gasteiger partial charge in [-0.25, -0.2) is 8.42 Å². The summed E-state index contributed by atoms with van der Waals surface area (Å²) in [5.74, 6) is 1.50. The van der Waals surface area contributed by atoms with E-state index < -0.39 is 10.0 Å². The minimum atomic E-state index is -3.97. The summed E-state index contributed by atoms with van der Waals surface area (Å²) >= 11 is 0. The van der Waals surface area contributed by atoms with Crippen molar-refractivity contribution in [1.82, 2.24) is 9.62 Å². The summed E-state index contributed by atoms with van der Waals surface area (Å²) in [5.41, 5.74) is 0.813. The zero-order chi connectivity index (χ0) is 26.3. The molecular formula is C26H36N2O7S. The van der Waals surface area contributed by atoms with Crippen LogP contribution in [0.25, 0.3) is 0 Å². The van der Waals surface area contributed by atoms with Crippen LogP contribution in [0.1, 0.15) is 50.6 Å². The third kappa shape index (κ3) is 6.22. The number of carbonyl (C=O) groups excluding carboxylic acids is 1. The molecule has 3 rings (SSSR count). The zero-order valence-corrected chi connectivity index (χ0v) is 22.4. The van der Waals surface area contributed by atoms with Crippen LogP contribution in [0, 0.1) is 0 Å². The van der Waals surface area contributed by atoms with Gasteiger partial charge in [0, 0.05) is 12.1 Å². The normalized spacial score (nSPS) is 15.3. The maximum Gasteiger partial charge on any atom is 0.243 e. The van der Waals surface area contributed by atoms with Crippen molar-refractivity contribution in [2.75, 3.05) is 35.0 Å². The second kappa shape index (κ2) is 12.3. The highest BCUT2D eigenvalue weighted by Crippen LogP contribution is 2.34. The van der Waals surface area contributed by atoms with E-state index in [2.05, 4.69) is 5.32 Å². The van der Waals surface area contributed by atoms with Gasteiger partial charge in [-0.15, -0.1) is 0 Å². The lowest BCUT2D eigenvalue weighted by atomic mass is 9.95. The monoisotopic (exact) mass is 520 g/mol. The van der Waals surface area contributed by atoms with Crippen molar-refractivity contribution in [3.8, 4) is 23.0 Å². The van der Waals surface area contributed by atoms with E-state index >= 15 is 0 Å². The fraction of sp³-hybridized carbons (Fsp3) is 0.500. The summed E-state index contributed by atoms with van der Waals surface area (Å²) in [6, 6.07) is 9.27. The molecule has 1 aliphatic rings. The Kier molecular flexibility index (Phi) is 9.44. The van der Waals surface area contributed by atoms with E-state index in [0.717, 1.165) is 24.8 Å². The first-order valence-corrected chi connectivity index (χ1v) is 13.4. The molecule has 1 unspecified atom stereocenters. The van der Waals surface area contributed by atoms with Gasteiger partial charge in [0.15, 0.2) is 23.0 Å². The van der Waals surface area contributed by atoms with E-state index in [1.807, 2.05) is 13.0 Å². The lowest BCUT2D eigenvalue weighted by Gasteiger charge is -2.33. The average molecular weight is 521 g/mol. The van der Waals surface area contributed by atoms with Gasteiger partial charge in [-0.1, -0.05) is 25.3 Å². The van der Waals surface area contributed by atoms with Gasteiger partial charge in [-0.2, -0.15) is 4.31 Å². The highest BCUT2D eigenvalue weighted by molar-refractivity contribution is 7.89. The number of ether oxygens (including phenoxy) is 4. The molecule has 2 aromatic carbocycles. The van der Waals surface area contributed by atoms with Crippen LogP contribution in [0.15, 0.2) is 41.3 Å². The van der Waals surface area contributed by atoms with E-state index in [9.17, 15) is 13.2 Å². The number of benzene rings is 2. The van der Waals surface area contributed by atoms with Crippen LogP contribution in [0.2, 0.25) is 0 Å². The molecule has 9 nitrogen and oxygen atoms in total. The molecule has 1 aliphatic carbocycles. The van der Waals surface area contributed by atoms with Crippen LogP contribution >= 0.6 is 0 Å². The fourth-order valence-corrected chi connectivity index (χ4v) is 6.18. The van der Waals surface area contributed by atoms with E-state index in [1.165, 1.54) is 30.7 Å². The summed E-state index contributed by atoms with van der Waals surface area (Å²) in [6.45, 7) is 1.56. The molecule has 0 heterocycles. The van der Waals surface area contributed by atoms with Gasteiger partial charge in [-0.3, -0.25) is 4.79 Å². The highest BCUT2D eigenvalue weighted by Gasteiger charge is 2.34. The van der Waals surface area contributed by atoms with Gasteiger partial charge >= 0.3 is 0 Å². The zero-order valence-electron chi connectivity index (χ0n) is 21.6. The Hall–Kier alpha value is -2.98. The summed E-state index contributed by atoms with van der Waals surface area (Å²) < 4.78 is 50.1. The minimum Gasteiger partial charge on any atom is -0.493 e. The van der Waals surface area contributed by atoms with Gasteiger partial charge in [0.25, 0.3) is 0 Å². The molecular weight excluding hydrogens is 484 g/mol. The number of amides is 1. The van der Waals surface area contributed by atoms with Crippen LogP contribution in [0.4, 0.5) is 0 Å². The lowest BCUT2D eigenvalue weighted by Crippen LogP contribution is -2.47. The van der Waals surface area contributed by atoms with Crippen LogP contribution in [-0.2, 0) is 14.8 Å². The number of carbonyl (C=O) groups is 1. The maximum atomic E-state index is 13.8. The first-order valence-electron chi connectivity index (χ1n) is 12.0. The Balaban J connectivity index is 1.84. The molecule has 0 saturated heterocycles. The summed E-state index contributed by atoms with van der Waals surface area (Å²) in [7, 11) is 2.08. The molecule has 10 heteroatoms. The van der Waals surface area contributed by atoms with E-state index in [0.29, 0.717) is 35.8 Å². The van der Waals surface area contributed by atoms with Crippen molar-refractivity contribution in [1.29, 1.82) is 0 Å². The van der Waals surface area contributed by atoms with Crippen molar-refractivity contribution in [3.63, 3.8) is 0 Å². The third-order valence-electron chi connectivity index (χ3n) is 6.53. The number of nitrogens with zero attached hydrogens (tertiary/aromatic N) is 1. The third-order valence-corrected chi connectivity index (χ3v) is 8.42. The van der Waals surface area contributed by atoms with Crippen molar-refractivity contribution < 1.29 is 32.2 Å². The molecule has 1 amide bonds. The molecule has 2 aromatic rings. The van der Waals surface area contributed by atoms with Crippen LogP contribution < -0.4 is 24.3 Å². The molecule has 0 radical (unpaired) electrons. The topological polar surface area (TPSA) is 103 Å². The van der Waals surface area contributed by atoms with E-state index in [-0.39, 0.29) is 29.4 Å². The van der Waals surface area contributed by atoms with Crippen molar-refractivity contribution in [2.24, 2.45) is 0 Å². The molecule has 0 aliphatic heterocycles. The number of hydrogen-bond donors (Lipinski definition) is 1. The molecule has 36 heavy (non-hydrogen) atoms. The Morgan fingerprint density at radius 3 is 2.03 bits per heavy atom. The van der Waals surface area contributed by atoms with E-state index in [1.54, 1.807) is 32.4 Å². The van der Waals surface area contributed by atoms with Gasteiger partial charge in [0.2, 0.25) is 15.9 Å². The highest BCUT2D eigenvalue weighted by atomic mass is 32.2. The number of nitrogens with one attached hydrogen (secondary N) is 1. The van der Waals surface area contributed by atoms with Crippen molar-refractivity contribution in [2.45, 2.75) is 56.0 Å². The second-order valence-electron chi connectivity index (χ2n) is 8.76. The molecule has 0 bridgehead atoms. The largest absolute Gasteiger partial charge is 0.493 e. The molecule has 198 valence electrons. The van der Waals surface area contributed by atoms with Gasteiger partial charge in [-0.05, 0) is 49.6 Å². The van der Waals surface area contributed by atoms with Gasteiger partial charge < -0.3 is 24.3 Å². The predicted octanol–water partition coefficient (Wildman–Crippen LogP) is 3.92. The Bertz CT molecular complexity index is 1150. The van der Waals surface area contributed by atoms with E-state index in [4.69, 9.17) is 18.9 Å². The number of methoxy groups -OCH3 is 4. The summed E-state index contributed by atoms with van der Waals surface area (Å²) in [4.78, 5) is 13.2. The fourth-order valence-electron chi connectivity index (χ4n) is 4.53. The Morgan fingerprint density at radius 1 is 0.889 bits per heavy atom. The molecule has 1 fully saturated rings. The van der Waals surface area contributed by atoms with Crippen LogP contribution in [0.5, 0.6) is 23.0 Å². The Labute approximate surface area is 213 Å². The first-order chi connectivity index (χ1) is 17.2. The molecule has 1 N–H and O–H groups in total. The Morgan fingerprint density at radius 2 is 1.44 bits per heavy atom. The SMILES string of the molecule is COc1ccc(C(C)NC(=O)CN(C2CCCCC2)S(=O)(=O)c2ccc(OC)c(OC)c2)cc1OC. The minimum absolute atomic E-state index is 0.0615. The summed E-state index contributed by atoms with van der Waals surface area (Å²) in [6.07, 6.45) is 4.33. The van der Waals surface area contributed by atoms with Crippen LogP contribution in [0.3, 0.4) is 0 Å². The summed E-state index contributed by atoms with van der Waals surface area (Å²) in [5, 5.41) is 2.93. The van der Waals surface area contributed by atoms with Gasteiger partial charge in [0.1, 0.15) is 0 Å². The first kappa shape index (κ1) is 27.6. The second-order valence-corrected chi connectivity index (χ2v) is 10.7. The average Bonchev–Trinajstić information content (AvgIpc) is 2.91. The van der Waals surface area contributed by atoms with Crippen molar-refractivity contribution in [3.05, 3.63) is 42.0 Å². The standard InChI is InChI=1S/C26H36N2O7S/c1-18(19-11-13-22(32-2)24(15-19)34-4)27-26(29)17-28(20-9-7-6-8-10-20)36(30,31)21-12-14-23(33-3)25(16-21)35-5/h11-16,18,20H,6-10,17H2,1-5H3,(H,27,29). The number of sulfonamides is 1. The van der Waals surface area contributed by atoms with Crippen LogP contribution in [-0.4, -0.2) is 59.7 Å². The molecule has 0 spiro atoms. The number of rotatable bonds is 11. The molecule has 0 aromatic heterocycles. The quantitative estimate of drug-likeness (QED) is 0.479. The molecule has 1 saturated carbocycles. The predicted molar refractivity (Wildman–Crippen MR) is 136 cm³/mol. The number of hydrogen-bond acceptors (Lipinski definition) is 7.